The van der Waals surface area contributed by atoms with E-state index >= 15 is 0 Å². The second kappa shape index (κ2) is 10.1. The third kappa shape index (κ3) is 4.52. The van der Waals surface area contributed by atoms with Crippen molar-refractivity contribution in [3.05, 3.63) is 67.4 Å². The summed E-state index contributed by atoms with van der Waals surface area (Å²) in [4.78, 5) is 15.3. The predicted molar refractivity (Wildman–Crippen MR) is 150 cm³/mol. The van der Waals surface area contributed by atoms with Gasteiger partial charge in [0, 0.05) is 83.5 Å². The van der Waals surface area contributed by atoms with Crippen LogP contribution in [0.15, 0.2) is 71.8 Å². The van der Waals surface area contributed by atoms with E-state index in [4.69, 9.17) is 18.9 Å². The third-order valence-electron chi connectivity index (χ3n) is 6.91. The first-order chi connectivity index (χ1) is 18.6. The van der Waals surface area contributed by atoms with Crippen LogP contribution in [0.25, 0.3) is 33.3 Å². The van der Waals surface area contributed by atoms with Crippen molar-refractivity contribution in [3.8, 4) is 33.9 Å². The quantitative estimate of drug-likeness (QED) is 0.266. The van der Waals surface area contributed by atoms with E-state index < -0.39 is 0 Å². The maximum atomic E-state index is 5.76. The fourth-order valence-electron chi connectivity index (χ4n) is 5.00. The molecule has 6 rings (SSSR count). The number of anilines is 3. The molecule has 1 aliphatic heterocycles. The van der Waals surface area contributed by atoms with Gasteiger partial charge < -0.3 is 34.4 Å². The van der Waals surface area contributed by atoms with Crippen LogP contribution in [0.1, 0.15) is 6.92 Å². The summed E-state index contributed by atoms with van der Waals surface area (Å²) < 4.78 is 16.5. The molecular weight excluding hydrogens is 480 g/mol. The zero-order chi connectivity index (χ0) is 26.1. The van der Waals surface area contributed by atoms with Gasteiger partial charge in [0.05, 0.1) is 38.1 Å². The van der Waals surface area contributed by atoms with Gasteiger partial charge in [-0.15, -0.1) is 0 Å². The number of piperazine rings is 1. The van der Waals surface area contributed by atoms with Gasteiger partial charge in [-0.25, -0.2) is 9.97 Å². The molecule has 9 heteroatoms. The van der Waals surface area contributed by atoms with Crippen LogP contribution in [-0.2, 0) is 0 Å². The lowest BCUT2D eigenvalue weighted by molar-refractivity contribution is 0.410. The molecule has 38 heavy (non-hydrogen) atoms. The van der Waals surface area contributed by atoms with E-state index in [9.17, 15) is 0 Å². The van der Waals surface area contributed by atoms with Gasteiger partial charge in [-0.05, 0) is 37.3 Å². The van der Waals surface area contributed by atoms with Crippen LogP contribution in [0.4, 0.5) is 17.3 Å². The van der Waals surface area contributed by atoms with E-state index in [1.165, 1.54) is 0 Å². The van der Waals surface area contributed by atoms with E-state index in [2.05, 4.69) is 38.5 Å². The molecule has 1 fully saturated rings. The van der Waals surface area contributed by atoms with E-state index in [1.54, 1.807) is 26.7 Å². The topological polar surface area (TPSA) is 100 Å². The Labute approximate surface area is 220 Å². The highest BCUT2D eigenvalue weighted by molar-refractivity contribution is 5.99. The first kappa shape index (κ1) is 23.9. The van der Waals surface area contributed by atoms with Crippen LogP contribution in [0.2, 0.25) is 0 Å². The molecule has 5 aromatic rings. The van der Waals surface area contributed by atoms with E-state index in [1.807, 2.05) is 48.8 Å². The van der Waals surface area contributed by atoms with Gasteiger partial charge in [-0.1, -0.05) is 0 Å². The second-order valence-electron chi connectivity index (χ2n) is 9.39. The fraction of sp³-hybridized carbons (Fsp3) is 0.241. The Balaban J connectivity index is 1.36. The zero-order valence-corrected chi connectivity index (χ0v) is 21.6. The summed E-state index contributed by atoms with van der Waals surface area (Å²) in [6.45, 7) is 5.01. The summed E-state index contributed by atoms with van der Waals surface area (Å²) in [5, 5.41) is 7.90. The Hall–Kier alpha value is -4.50. The van der Waals surface area contributed by atoms with Crippen LogP contribution < -0.4 is 25.0 Å². The van der Waals surface area contributed by atoms with Crippen LogP contribution in [0, 0.1) is 0 Å². The lowest BCUT2D eigenvalue weighted by Crippen LogP contribution is -2.49. The number of aromatic amines is 1. The Morgan fingerprint density at radius 1 is 1.08 bits per heavy atom. The number of methoxy groups -OCH3 is 2. The van der Waals surface area contributed by atoms with Gasteiger partial charge in [0.25, 0.3) is 0 Å². The number of H-pyrrole nitrogens is 1. The average Bonchev–Trinajstić information content (AvgIpc) is 3.63. The number of rotatable bonds is 7. The Bertz CT molecular complexity index is 1560. The minimum atomic E-state index is 0.428. The summed E-state index contributed by atoms with van der Waals surface area (Å²) >= 11 is 0. The van der Waals surface area contributed by atoms with Gasteiger partial charge in [-0.3, -0.25) is 0 Å². The molecule has 9 nitrogen and oxygen atoms in total. The van der Waals surface area contributed by atoms with Crippen LogP contribution in [0.3, 0.4) is 0 Å². The zero-order valence-electron chi connectivity index (χ0n) is 21.6. The number of furan rings is 1. The number of hydrogen-bond donors (Lipinski definition) is 3. The minimum absolute atomic E-state index is 0.428. The highest BCUT2D eigenvalue weighted by Crippen LogP contribution is 2.37. The molecule has 0 bridgehead atoms. The molecule has 1 atom stereocenters. The SMILES string of the molecule is COc1ccc2c(-c3nc(Nc4ccc(N5CCN[C@@H](C)C5)c(OC)c4)ncc3-c3ccoc3)c[nH]c2c1. The number of aromatic nitrogens is 3. The summed E-state index contributed by atoms with van der Waals surface area (Å²) in [7, 11) is 3.37. The van der Waals surface area contributed by atoms with Crippen molar-refractivity contribution >= 4 is 28.2 Å². The predicted octanol–water partition coefficient (Wildman–Crippen LogP) is 5.44. The van der Waals surface area contributed by atoms with Gasteiger partial charge in [0.1, 0.15) is 11.5 Å². The molecular formula is C29H30N6O3. The summed E-state index contributed by atoms with van der Waals surface area (Å²) in [6, 6.07) is 14.4. The summed E-state index contributed by atoms with van der Waals surface area (Å²) in [5.41, 5.74) is 6.43. The van der Waals surface area contributed by atoms with Crippen molar-refractivity contribution in [3.63, 3.8) is 0 Å². The molecule has 194 valence electrons. The molecule has 0 spiro atoms. The van der Waals surface area contributed by atoms with Gasteiger partial charge in [-0.2, -0.15) is 0 Å². The molecule has 3 aromatic heterocycles. The van der Waals surface area contributed by atoms with Crippen molar-refractivity contribution in [1.82, 2.24) is 20.3 Å². The standard InChI is InChI=1S/C29H30N6O3/c1-18-16-35(10-9-30-18)26-7-4-20(12-27(26)37-3)33-29-32-14-23(19-8-11-38-17-19)28(34-29)24-15-31-25-13-21(36-2)5-6-22(24)25/h4-8,11-15,17-18,30-31H,9-10,16H2,1-3H3,(H,32,33,34)/t18-/m0/s1. The first-order valence-electron chi connectivity index (χ1n) is 12.6. The molecule has 0 amide bonds. The minimum Gasteiger partial charge on any atom is -0.497 e. The van der Waals surface area contributed by atoms with Gasteiger partial charge >= 0.3 is 0 Å². The maximum absolute atomic E-state index is 5.76. The van der Waals surface area contributed by atoms with Crippen molar-refractivity contribution in [2.75, 3.05) is 44.1 Å². The van der Waals surface area contributed by atoms with Gasteiger partial charge in [0.15, 0.2) is 0 Å². The first-order valence-corrected chi connectivity index (χ1v) is 12.6. The van der Waals surface area contributed by atoms with Crippen LogP contribution in [-0.4, -0.2) is 54.8 Å². The van der Waals surface area contributed by atoms with Crippen molar-refractivity contribution in [1.29, 1.82) is 0 Å². The maximum Gasteiger partial charge on any atom is 0.227 e. The molecule has 1 aliphatic rings. The fourth-order valence-corrected chi connectivity index (χ4v) is 5.00. The van der Waals surface area contributed by atoms with Crippen LogP contribution in [0.5, 0.6) is 11.5 Å². The lowest BCUT2D eigenvalue weighted by Gasteiger charge is -2.34. The van der Waals surface area contributed by atoms with Crippen molar-refractivity contribution in [2.24, 2.45) is 0 Å². The van der Waals surface area contributed by atoms with Crippen molar-refractivity contribution < 1.29 is 13.9 Å². The van der Waals surface area contributed by atoms with E-state index in [-0.39, 0.29) is 0 Å². The Morgan fingerprint density at radius 3 is 2.79 bits per heavy atom. The monoisotopic (exact) mass is 510 g/mol. The summed E-state index contributed by atoms with van der Waals surface area (Å²) in [5.74, 6) is 2.09. The normalized spacial score (nSPS) is 15.6. The molecule has 4 heterocycles. The molecule has 0 aliphatic carbocycles. The number of benzene rings is 2. The van der Waals surface area contributed by atoms with Crippen molar-refractivity contribution in [2.45, 2.75) is 13.0 Å². The highest BCUT2D eigenvalue weighted by atomic mass is 16.5. The Morgan fingerprint density at radius 2 is 2.00 bits per heavy atom. The number of hydrogen-bond acceptors (Lipinski definition) is 8. The molecule has 2 aromatic carbocycles. The third-order valence-corrected chi connectivity index (χ3v) is 6.91. The van der Waals surface area contributed by atoms with Crippen LogP contribution >= 0.6 is 0 Å². The Kier molecular flexibility index (Phi) is 6.35. The second-order valence-corrected chi connectivity index (χ2v) is 9.39. The molecule has 1 saturated heterocycles. The van der Waals surface area contributed by atoms with E-state index in [0.717, 1.165) is 75.8 Å². The number of nitrogens with one attached hydrogen (secondary N) is 3. The molecule has 0 radical (unpaired) electrons. The van der Waals surface area contributed by atoms with Gasteiger partial charge in [0.2, 0.25) is 5.95 Å². The number of fused-ring (bicyclic) bond motifs is 1. The van der Waals surface area contributed by atoms with E-state index in [0.29, 0.717) is 12.0 Å². The smallest absolute Gasteiger partial charge is 0.227 e. The number of ether oxygens (including phenoxy) is 2. The summed E-state index contributed by atoms with van der Waals surface area (Å²) in [6.07, 6.45) is 7.14. The highest BCUT2D eigenvalue weighted by Gasteiger charge is 2.20. The molecule has 3 N–H and O–H groups in total. The largest absolute Gasteiger partial charge is 0.497 e. The lowest BCUT2D eigenvalue weighted by atomic mass is 10.0. The number of nitrogens with zero attached hydrogens (tertiary/aromatic N) is 3. The molecule has 0 unspecified atom stereocenters. The average molecular weight is 511 g/mol. The molecule has 0 saturated carbocycles.